The van der Waals surface area contributed by atoms with Crippen LogP contribution in [0.1, 0.15) is 30.9 Å². The van der Waals surface area contributed by atoms with Crippen molar-refractivity contribution in [1.29, 1.82) is 0 Å². The molecule has 2 amide bonds. The molecule has 0 saturated carbocycles. The van der Waals surface area contributed by atoms with Crippen LogP contribution in [0.2, 0.25) is 0 Å². The number of carbonyl (C=O) groups excluding carboxylic acids is 3. The fourth-order valence-corrected chi connectivity index (χ4v) is 8.57. The number of aliphatic hydroxyl groups excluding tert-OH is 1. The summed E-state index contributed by atoms with van der Waals surface area (Å²) in [5.41, 5.74) is 2.80. The predicted octanol–water partition coefficient (Wildman–Crippen LogP) is 2.78. The Morgan fingerprint density at radius 2 is 1.83 bits per heavy atom. The second-order valence-electron chi connectivity index (χ2n) is 10.1. The van der Waals surface area contributed by atoms with Gasteiger partial charge in [0.2, 0.25) is 5.91 Å². The van der Waals surface area contributed by atoms with Crippen LogP contribution in [0.4, 0.5) is 5.69 Å². The number of carbonyl (C=O) groups is 3. The van der Waals surface area contributed by atoms with Crippen LogP contribution in [0.5, 0.6) is 0 Å². The van der Waals surface area contributed by atoms with Crippen molar-refractivity contribution in [2.24, 2.45) is 11.8 Å². The normalized spacial score (nSPS) is 35.4. The molecule has 2 saturated heterocycles. The minimum Gasteiger partial charge on any atom is -0.465 e. The van der Waals surface area contributed by atoms with E-state index in [1.807, 2.05) is 57.2 Å². The molecule has 0 radical (unpaired) electrons. The lowest BCUT2D eigenvalue weighted by Gasteiger charge is -2.37. The lowest BCUT2D eigenvalue weighted by molar-refractivity contribution is -0.154. The van der Waals surface area contributed by atoms with E-state index in [9.17, 15) is 19.5 Å². The zero-order chi connectivity index (χ0) is 25.0. The number of rotatable bonds is 3. The molecule has 1 aromatic rings. The summed E-state index contributed by atoms with van der Waals surface area (Å²) in [4.78, 5) is 44.9. The highest BCUT2D eigenvalue weighted by Crippen LogP contribution is 2.65. The van der Waals surface area contributed by atoms with Crippen LogP contribution in [0.3, 0.4) is 0 Å². The molecule has 0 bridgehead atoms. The van der Waals surface area contributed by atoms with Crippen molar-refractivity contribution in [2.45, 2.75) is 49.1 Å². The minimum absolute atomic E-state index is 0.0385. The highest BCUT2D eigenvalue weighted by Gasteiger charge is 2.73. The average Bonchev–Trinajstić information content (AvgIpc) is 3.15. The topological polar surface area (TPSA) is 87.2 Å². The first-order valence-corrected chi connectivity index (χ1v) is 13.1. The molecule has 2 fully saturated rings. The van der Waals surface area contributed by atoms with Gasteiger partial charge in [-0.2, -0.15) is 0 Å². The largest absolute Gasteiger partial charge is 0.465 e. The van der Waals surface area contributed by atoms with E-state index in [2.05, 4.69) is 6.08 Å². The van der Waals surface area contributed by atoms with Crippen LogP contribution in [-0.4, -0.2) is 69.6 Å². The molecule has 1 N–H and O–H groups in total. The molecule has 35 heavy (non-hydrogen) atoms. The maximum atomic E-state index is 14.3. The Labute approximate surface area is 210 Å². The van der Waals surface area contributed by atoms with Crippen LogP contribution < -0.4 is 4.90 Å². The number of β-amino-alcohol motifs (C(OH)–C–C–N with tert-alkyl or cyclic N) is 1. The third-order valence-electron chi connectivity index (χ3n) is 7.80. The van der Waals surface area contributed by atoms with E-state index in [4.69, 9.17) is 4.74 Å². The lowest BCUT2D eigenvalue weighted by Crippen LogP contribution is -2.54. The number of ether oxygens (including phenoxy) is 1. The van der Waals surface area contributed by atoms with Gasteiger partial charge in [0, 0.05) is 23.5 Å². The standard InChI is InChI=1S/C27H32N2O5S/c1-17-9-7-10-18(2)21(17)28-13-8-12-27-19(23(31)29(14-15-30)22(27)24(28)32)20-25(33)34-16-6-4-5-11-26(20,3)35-27/h5,7-12,19-20,22,30H,4,6,13-16H2,1-3H3/b11-5-/t19-,20-,22?,26+,27-/m0/s1. The smallest absolute Gasteiger partial charge is 0.311 e. The van der Waals surface area contributed by atoms with Gasteiger partial charge in [-0.15, -0.1) is 11.8 Å². The van der Waals surface area contributed by atoms with Crippen LogP contribution in [0.15, 0.2) is 42.5 Å². The molecular weight excluding hydrogens is 464 g/mol. The highest BCUT2D eigenvalue weighted by molar-refractivity contribution is 8.02. The fourth-order valence-electron chi connectivity index (χ4n) is 6.41. The number of thioether (sulfide) groups is 1. The van der Waals surface area contributed by atoms with Crippen molar-refractivity contribution < 1.29 is 24.2 Å². The third kappa shape index (κ3) is 3.56. The number of allylic oxidation sites excluding steroid dienone is 1. The first-order chi connectivity index (χ1) is 16.7. The molecule has 1 aromatic carbocycles. The second kappa shape index (κ2) is 8.82. The van der Waals surface area contributed by atoms with Crippen molar-refractivity contribution in [3.8, 4) is 0 Å². The van der Waals surface area contributed by atoms with Crippen molar-refractivity contribution in [3.63, 3.8) is 0 Å². The Kier molecular flexibility index (Phi) is 6.08. The molecule has 5 rings (SSSR count). The summed E-state index contributed by atoms with van der Waals surface area (Å²) in [5, 5.41) is 9.83. The number of benzene rings is 1. The Balaban J connectivity index is 1.67. The maximum Gasteiger partial charge on any atom is 0.311 e. The average molecular weight is 497 g/mol. The SMILES string of the molecule is Cc1cccc(C)c1N1CC=C[C@]23S[C@]4(C)/C=C\CCCOC(=O)[C@@H]4[C@H]2C(=O)N(CCO)C3C1=O. The molecule has 186 valence electrons. The summed E-state index contributed by atoms with van der Waals surface area (Å²) in [5.74, 6) is -2.30. The first-order valence-electron chi connectivity index (χ1n) is 12.3. The number of anilines is 1. The van der Waals surface area contributed by atoms with Gasteiger partial charge < -0.3 is 19.6 Å². The lowest BCUT2D eigenvalue weighted by atomic mass is 9.74. The van der Waals surface area contributed by atoms with E-state index in [1.165, 1.54) is 16.7 Å². The Hall–Kier alpha value is -2.58. The number of fused-ring (bicyclic) bond motifs is 2. The molecule has 5 atom stereocenters. The quantitative estimate of drug-likeness (QED) is 0.512. The van der Waals surface area contributed by atoms with Crippen LogP contribution >= 0.6 is 11.8 Å². The van der Waals surface area contributed by atoms with Gasteiger partial charge in [0.15, 0.2) is 0 Å². The highest BCUT2D eigenvalue weighted by atomic mass is 32.2. The number of aryl methyl sites for hydroxylation is 2. The van der Waals surface area contributed by atoms with Gasteiger partial charge in [-0.25, -0.2) is 0 Å². The molecular formula is C27H32N2O5S. The van der Waals surface area contributed by atoms with Crippen molar-refractivity contribution in [1.82, 2.24) is 4.90 Å². The molecule has 1 spiro atoms. The van der Waals surface area contributed by atoms with Crippen LogP contribution in [-0.2, 0) is 19.1 Å². The van der Waals surface area contributed by atoms with E-state index >= 15 is 0 Å². The van der Waals surface area contributed by atoms with Crippen molar-refractivity contribution in [2.75, 3.05) is 31.2 Å². The Morgan fingerprint density at radius 1 is 1.09 bits per heavy atom. The van der Waals surface area contributed by atoms with Crippen molar-refractivity contribution in [3.05, 3.63) is 53.6 Å². The van der Waals surface area contributed by atoms with Gasteiger partial charge in [-0.05, 0) is 44.7 Å². The van der Waals surface area contributed by atoms with Gasteiger partial charge in [0.1, 0.15) is 6.04 Å². The van der Waals surface area contributed by atoms with Crippen molar-refractivity contribution >= 4 is 35.2 Å². The summed E-state index contributed by atoms with van der Waals surface area (Å²) < 4.78 is 3.99. The van der Waals surface area contributed by atoms with E-state index in [1.54, 1.807) is 4.90 Å². The molecule has 4 aliphatic heterocycles. The van der Waals surface area contributed by atoms with E-state index in [-0.39, 0.29) is 30.9 Å². The van der Waals surface area contributed by atoms with Gasteiger partial charge in [-0.1, -0.05) is 42.5 Å². The summed E-state index contributed by atoms with van der Waals surface area (Å²) in [7, 11) is 0. The number of esters is 1. The Morgan fingerprint density at radius 3 is 2.54 bits per heavy atom. The predicted molar refractivity (Wildman–Crippen MR) is 135 cm³/mol. The molecule has 0 aromatic heterocycles. The number of amides is 2. The number of para-hydroxylation sites is 1. The number of nitrogens with zero attached hydrogens (tertiary/aromatic N) is 2. The molecule has 1 unspecified atom stereocenters. The van der Waals surface area contributed by atoms with Crippen LogP contribution in [0.25, 0.3) is 0 Å². The zero-order valence-corrected chi connectivity index (χ0v) is 21.2. The number of cyclic esters (lactones) is 1. The van der Waals surface area contributed by atoms with E-state index in [0.29, 0.717) is 13.2 Å². The third-order valence-corrected chi connectivity index (χ3v) is 9.60. The minimum atomic E-state index is -0.934. The number of hydrogen-bond acceptors (Lipinski definition) is 6. The van der Waals surface area contributed by atoms with Gasteiger partial charge in [0.25, 0.3) is 5.91 Å². The number of likely N-dealkylation sites (tertiary alicyclic amines) is 1. The summed E-state index contributed by atoms with van der Waals surface area (Å²) in [6, 6.07) is 5.09. The first kappa shape index (κ1) is 24.1. The number of hydrogen-bond donors (Lipinski definition) is 1. The summed E-state index contributed by atoms with van der Waals surface area (Å²) in [6.07, 6.45) is 9.58. The fraction of sp³-hybridized carbons (Fsp3) is 0.519. The van der Waals surface area contributed by atoms with Crippen LogP contribution in [0, 0.1) is 25.7 Å². The zero-order valence-electron chi connectivity index (χ0n) is 20.4. The Bertz CT molecular complexity index is 1110. The second-order valence-corrected chi connectivity index (χ2v) is 11.8. The molecule has 4 aliphatic rings. The van der Waals surface area contributed by atoms with E-state index < -0.39 is 27.4 Å². The molecule has 4 heterocycles. The van der Waals surface area contributed by atoms with Gasteiger partial charge >= 0.3 is 5.97 Å². The van der Waals surface area contributed by atoms with Gasteiger partial charge in [0.05, 0.1) is 29.8 Å². The number of aliphatic hydroxyl groups is 1. The van der Waals surface area contributed by atoms with E-state index in [0.717, 1.165) is 29.7 Å². The molecule has 0 aliphatic carbocycles. The monoisotopic (exact) mass is 496 g/mol. The summed E-state index contributed by atoms with van der Waals surface area (Å²) in [6.45, 7) is 6.40. The molecule has 7 nitrogen and oxygen atoms in total. The van der Waals surface area contributed by atoms with Gasteiger partial charge in [-0.3, -0.25) is 14.4 Å². The summed E-state index contributed by atoms with van der Waals surface area (Å²) >= 11 is 1.52. The maximum absolute atomic E-state index is 14.3. The molecule has 8 heteroatoms.